The molecule has 1 saturated heterocycles. The number of carboxylic acid groups (broad SMARTS) is 1. The summed E-state index contributed by atoms with van der Waals surface area (Å²) in [6, 6.07) is 10.8. The third-order valence-electron chi connectivity index (χ3n) is 4.90. The second-order valence-electron chi connectivity index (χ2n) is 7.48. The molecule has 0 spiro atoms. The van der Waals surface area contributed by atoms with Crippen molar-refractivity contribution in [1.82, 2.24) is 4.90 Å². The number of hydrogen-bond donors (Lipinski definition) is 2. The van der Waals surface area contributed by atoms with Gasteiger partial charge in [0.05, 0.1) is 7.14 Å². The van der Waals surface area contributed by atoms with Crippen molar-refractivity contribution in [3.63, 3.8) is 0 Å². The lowest BCUT2D eigenvalue weighted by Crippen LogP contribution is -2.48. The Hall–Kier alpha value is -1.76. The molecule has 9 heteroatoms. The van der Waals surface area contributed by atoms with Gasteiger partial charge < -0.3 is 24.7 Å². The lowest BCUT2D eigenvalue weighted by atomic mass is 10.1. The molecule has 1 aliphatic rings. The first-order chi connectivity index (χ1) is 14.1. The summed E-state index contributed by atoms with van der Waals surface area (Å²) in [5, 5.41) is 19.2. The Morgan fingerprint density at radius 3 is 2.20 bits per heavy atom. The smallest absolute Gasteiger partial charge is 0.347 e. The predicted molar refractivity (Wildman–Crippen MR) is 130 cm³/mol. The molecule has 2 N–H and O–H groups in total. The molecule has 0 saturated carbocycles. The van der Waals surface area contributed by atoms with Crippen LogP contribution in [0.2, 0.25) is 0 Å². The number of piperazine rings is 1. The zero-order chi connectivity index (χ0) is 22.1. The number of halogens is 2. The lowest BCUT2D eigenvalue weighted by Gasteiger charge is -2.36. The Labute approximate surface area is 202 Å². The molecule has 0 unspecified atom stereocenters. The van der Waals surface area contributed by atoms with Gasteiger partial charge in [0.15, 0.2) is 5.60 Å². The third kappa shape index (κ3) is 5.10. The molecule has 3 rings (SSSR count). The van der Waals surface area contributed by atoms with E-state index in [4.69, 9.17) is 4.74 Å². The number of phenols is 1. The summed E-state index contributed by atoms with van der Waals surface area (Å²) in [6.07, 6.45) is 0. The normalized spacial score (nSPS) is 14.5. The second-order valence-corrected chi connectivity index (χ2v) is 9.81. The molecule has 0 radical (unpaired) electrons. The average Bonchev–Trinajstić information content (AvgIpc) is 2.71. The van der Waals surface area contributed by atoms with Crippen molar-refractivity contribution in [2.75, 3.05) is 31.1 Å². The predicted octanol–water partition coefficient (Wildman–Crippen LogP) is 3.81. The number of phenolic OH excluding ortho intramolecular Hbond substituents is 1. The molecule has 1 heterocycles. The van der Waals surface area contributed by atoms with Gasteiger partial charge in [-0.25, -0.2) is 4.79 Å². The monoisotopic (exact) mass is 636 g/mol. The van der Waals surface area contributed by atoms with Crippen molar-refractivity contribution in [2.24, 2.45) is 0 Å². The quantitative estimate of drug-likeness (QED) is 0.486. The first kappa shape index (κ1) is 22.9. The maximum atomic E-state index is 12.9. The molecule has 0 aliphatic carbocycles. The molecule has 1 aliphatic heterocycles. The van der Waals surface area contributed by atoms with E-state index in [0.29, 0.717) is 44.6 Å². The van der Waals surface area contributed by atoms with Crippen LogP contribution >= 0.6 is 45.2 Å². The van der Waals surface area contributed by atoms with E-state index >= 15 is 0 Å². The molecule has 160 valence electrons. The van der Waals surface area contributed by atoms with E-state index in [0.717, 1.165) is 5.69 Å². The zero-order valence-corrected chi connectivity index (χ0v) is 20.9. The van der Waals surface area contributed by atoms with Gasteiger partial charge in [-0.05, 0) is 83.3 Å². The minimum absolute atomic E-state index is 0.0502. The van der Waals surface area contributed by atoms with Crippen LogP contribution in [0, 0.1) is 7.14 Å². The summed E-state index contributed by atoms with van der Waals surface area (Å²) < 4.78 is 6.94. The fraction of sp³-hybridized carbons (Fsp3) is 0.333. The fourth-order valence-corrected chi connectivity index (χ4v) is 4.89. The fourth-order valence-electron chi connectivity index (χ4n) is 3.12. The van der Waals surface area contributed by atoms with E-state index in [1.165, 1.54) is 13.8 Å². The van der Waals surface area contributed by atoms with Gasteiger partial charge in [-0.3, -0.25) is 4.79 Å². The number of carboxylic acids is 1. The molecule has 0 aromatic heterocycles. The Balaban J connectivity index is 1.66. The highest BCUT2D eigenvalue weighted by molar-refractivity contribution is 14.1. The van der Waals surface area contributed by atoms with Crippen molar-refractivity contribution in [2.45, 2.75) is 19.4 Å². The molecule has 1 fully saturated rings. The molecule has 2 aromatic carbocycles. The molecule has 1 amide bonds. The largest absolute Gasteiger partial charge is 0.506 e. The molecule has 30 heavy (non-hydrogen) atoms. The van der Waals surface area contributed by atoms with E-state index in [2.05, 4.69) is 4.90 Å². The number of ether oxygens (including phenoxy) is 1. The summed E-state index contributed by atoms with van der Waals surface area (Å²) in [7, 11) is 0. The van der Waals surface area contributed by atoms with Crippen LogP contribution in [0.3, 0.4) is 0 Å². The van der Waals surface area contributed by atoms with Crippen LogP contribution in [-0.4, -0.2) is 58.8 Å². The molecule has 2 aromatic rings. The summed E-state index contributed by atoms with van der Waals surface area (Å²) >= 11 is 4.05. The maximum Gasteiger partial charge on any atom is 0.347 e. The number of hydrogen-bond acceptors (Lipinski definition) is 5. The van der Waals surface area contributed by atoms with Crippen LogP contribution < -0.4 is 9.64 Å². The van der Waals surface area contributed by atoms with Gasteiger partial charge >= 0.3 is 5.97 Å². The molecule has 7 nitrogen and oxygen atoms in total. The maximum absolute atomic E-state index is 12.9. The number of carbonyl (C=O) groups is 2. The number of nitrogens with zero attached hydrogens (tertiary/aromatic N) is 2. The Bertz CT molecular complexity index is 949. The minimum atomic E-state index is -1.32. The first-order valence-corrected chi connectivity index (χ1v) is 11.5. The van der Waals surface area contributed by atoms with Crippen molar-refractivity contribution >= 4 is 62.7 Å². The highest BCUT2D eigenvalue weighted by atomic mass is 127. The van der Waals surface area contributed by atoms with Crippen LogP contribution in [-0.2, 0) is 4.79 Å². The van der Waals surface area contributed by atoms with Gasteiger partial charge in [0.25, 0.3) is 5.91 Å². The van der Waals surface area contributed by atoms with Gasteiger partial charge in [-0.1, -0.05) is 6.07 Å². The van der Waals surface area contributed by atoms with E-state index < -0.39 is 11.6 Å². The molecular weight excluding hydrogens is 614 g/mol. The average molecular weight is 636 g/mol. The van der Waals surface area contributed by atoms with Crippen LogP contribution in [0.5, 0.6) is 11.5 Å². The first-order valence-electron chi connectivity index (χ1n) is 9.33. The third-order valence-corrected chi connectivity index (χ3v) is 6.55. The summed E-state index contributed by atoms with van der Waals surface area (Å²) in [4.78, 5) is 28.1. The van der Waals surface area contributed by atoms with Gasteiger partial charge in [0.2, 0.25) is 0 Å². The van der Waals surface area contributed by atoms with Gasteiger partial charge in [0.1, 0.15) is 11.5 Å². The summed E-state index contributed by atoms with van der Waals surface area (Å²) in [6.45, 7) is 5.47. The molecule has 0 bridgehead atoms. The standard InChI is InChI=1S/C21H22I2N2O5/c1-21(2,20(28)29)30-15-5-3-4-14(12-15)24-6-8-25(9-7-24)19(27)13-10-16(22)18(26)17(23)11-13/h3-5,10-12,26H,6-9H2,1-2H3,(H,28,29). The number of aromatic hydroxyl groups is 1. The van der Waals surface area contributed by atoms with E-state index in [-0.39, 0.29) is 11.7 Å². The number of amides is 1. The minimum Gasteiger partial charge on any atom is -0.506 e. The van der Waals surface area contributed by atoms with Crippen LogP contribution in [0.1, 0.15) is 24.2 Å². The number of carbonyl (C=O) groups excluding carboxylic acids is 1. The summed E-state index contributed by atoms with van der Waals surface area (Å²) in [5.74, 6) is -0.387. The number of benzene rings is 2. The topological polar surface area (TPSA) is 90.3 Å². The Morgan fingerprint density at radius 2 is 1.63 bits per heavy atom. The lowest BCUT2D eigenvalue weighted by molar-refractivity contribution is -0.152. The highest BCUT2D eigenvalue weighted by Gasteiger charge is 2.30. The highest BCUT2D eigenvalue weighted by Crippen LogP contribution is 2.29. The van der Waals surface area contributed by atoms with Crippen molar-refractivity contribution in [3.05, 3.63) is 49.1 Å². The van der Waals surface area contributed by atoms with Crippen LogP contribution in [0.15, 0.2) is 36.4 Å². The van der Waals surface area contributed by atoms with Gasteiger partial charge in [-0.15, -0.1) is 0 Å². The second kappa shape index (κ2) is 9.16. The summed E-state index contributed by atoms with van der Waals surface area (Å²) in [5.41, 5.74) is 0.180. The van der Waals surface area contributed by atoms with E-state index in [1.54, 1.807) is 18.2 Å². The SMILES string of the molecule is CC(C)(Oc1cccc(N2CCN(C(=O)c3cc(I)c(O)c(I)c3)CC2)c1)C(=O)O. The Morgan fingerprint density at radius 1 is 1.03 bits per heavy atom. The van der Waals surface area contributed by atoms with Crippen LogP contribution in [0.4, 0.5) is 5.69 Å². The van der Waals surface area contributed by atoms with Crippen molar-refractivity contribution < 1.29 is 24.5 Å². The van der Waals surface area contributed by atoms with Crippen molar-refractivity contribution in [1.29, 1.82) is 0 Å². The number of anilines is 1. The number of rotatable bonds is 5. The number of aliphatic carboxylic acids is 1. The van der Waals surface area contributed by atoms with Gasteiger partial charge in [-0.2, -0.15) is 0 Å². The molecule has 0 atom stereocenters. The zero-order valence-electron chi connectivity index (χ0n) is 16.6. The Kier molecular flexibility index (Phi) is 7.00. The van der Waals surface area contributed by atoms with Crippen LogP contribution in [0.25, 0.3) is 0 Å². The van der Waals surface area contributed by atoms with Crippen molar-refractivity contribution in [3.8, 4) is 11.5 Å². The molecular formula is C21H22I2N2O5. The van der Waals surface area contributed by atoms with Gasteiger partial charge in [0, 0.05) is 43.5 Å². The van der Waals surface area contributed by atoms with E-state index in [1.807, 2.05) is 68.3 Å². The van der Waals surface area contributed by atoms with E-state index in [9.17, 15) is 19.8 Å².